The number of fused-ring (bicyclic) bond motifs is 1. The Balaban J connectivity index is 1.98. The zero-order valence-electron chi connectivity index (χ0n) is 14.4. The molecule has 25 heavy (non-hydrogen) atoms. The van der Waals surface area contributed by atoms with Crippen LogP contribution in [0.1, 0.15) is 18.1 Å². The van der Waals surface area contributed by atoms with Crippen molar-refractivity contribution >= 4 is 16.8 Å². The van der Waals surface area contributed by atoms with E-state index in [1.165, 1.54) is 6.92 Å². The van der Waals surface area contributed by atoms with Crippen LogP contribution in [0.15, 0.2) is 54.7 Å². The maximum atomic E-state index is 11.1. The zero-order chi connectivity index (χ0) is 17.6. The van der Waals surface area contributed by atoms with Crippen LogP contribution >= 0.6 is 0 Å². The molecule has 0 saturated carbocycles. The average molecular weight is 332 g/mol. The topological polar surface area (TPSA) is 43.3 Å². The van der Waals surface area contributed by atoms with Gasteiger partial charge >= 0.3 is 0 Å². The fourth-order valence-corrected chi connectivity index (χ4v) is 2.72. The lowest BCUT2D eigenvalue weighted by Crippen LogP contribution is -2.22. The third-order valence-electron chi connectivity index (χ3n) is 3.96. The van der Waals surface area contributed by atoms with Gasteiger partial charge in [0.25, 0.3) is 0 Å². The maximum Gasteiger partial charge on any atom is 0.216 e. The van der Waals surface area contributed by atoms with Gasteiger partial charge in [0.15, 0.2) is 0 Å². The van der Waals surface area contributed by atoms with Crippen molar-refractivity contribution < 1.29 is 9.53 Å². The van der Waals surface area contributed by atoms with Gasteiger partial charge in [0.05, 0.1) is 12.6 Å². The van der Waals surface area contributed by atoms with Crippen LogP contribution in [0, 0.1) is 12.0 Å². The molecule has 0 atom stereocenters. The van der Waals surface area contributed by atoms with Crippen molar-refractivity contribution in [1.82, 2.24) is 9.88 Å². The second kappa shape index (κ2) is 7.59. The quantitative estimate of drug-likeness (QED) is 0.746. The molecule has 1 amide bonds. The molecule has 1 heterocycles. The summed E-state index contributed by atoms with van der Waals surface area (Å²) in [5.74, 6) is 3.97. The van der Waals surface area contributed by atoms with E-state index in [1.54, 1.807) is 7.11 Å². The molecule has 1 aromatic heterocycles. The van der Waals surface area contributed by atoms with E-state index in [1.807, 2.05) is 59.3 Å². The maximum absolute atomic E-state index is 11.1. The van der Waals surface area contributed by atoms with Crippen molar-refractivity contribution in [3.05, 3.63) is 65.9 Å². The van der Waals surface area contributed by atoms with Crippen LogP contribution in [0.4, 0.5) is 0 Å². The average Bonchev–Trinajstić information content (AvgIpc) is 2.97. The number of nitrogens with one attached hydrogen (secondary N) is 1. The number of hydrogen-bond acceptors (Lipinski definition) is 2. The highest BCUT2D eigenvalue weighted by Crippen LogP contribution is 2.26. The molecule has 0 bridgehead atoms. The van der Waals surface area contributed by atoms with Crippen molar-refractivity contribution in [1.29, 1.82) is 0 Å². The molecule has 2 aromatic carbocycles. The summed E-state index contributed by atoms with van der Waals surface area (Å²) >= 11 is 0. The Hall–Kier alpha value is -3.19. The number of ether oxygens (including phenoxy) is 1. The smallest absolute Gasteiger partial charge is 0.216 e. The molecule has 3 rings (SSSR count). The summed E-state index contributed by atoms with van der Waals surface area (Å²) in [7, 11) is 1.66. The van der Waals surface area contributed by atoms with Gasteiger partial charge in [-0.3, -0.25) is 9.36 Å². The first-order valence-corrected chi connectivity index (χ1v) is 8.17. The molecule has 126 valence electrons. The Morgan fingerprint density at radius 3 is 2.72 bits per heavy atom. The molecule has 0 saturated heterocycles. The van der Waals surface area contributed by atoms with Crippen LogP contribution in [-0.2, 0) is 11.2 Å². The summed E-state index contributed by atoms with van der Waals surface area (Å²) in [5, 5.41) is 3.93. The molecule has 0 aliphatic heterocycles. The van der Waals surface area contributed by atoms with Crippen LogP contribution in [0.2, 0.25) is 0 Å². The number of methoxy groups -OCH3 is 1. The van der Waals surface area contributed by atoms with E-state index >= 15 is 0 Å². The Bertz CT molecular complexity index is 946. The number of benzene rings is 2. The van der Waals surface area contributed by atoms with Crippen molar-refractivity contribution in [3.8, 4) is 17.7 Å². The third-order valence-corrected chi connectivity index (χ3v) is 3.96. The first kappa shape index (κ1) is 16.7. The monoisotopic (exact) mass is 332 g/mol. The number of carbonyl (C=O) groups is 1. The minimum atomic E-state index is -0.0230. The van der Waals surface area contributed by atoms with Gasteiger partial charge in [0.1, 0.15) is 5.75 Å². The van der Waals surface area contributed by atoms with Crippen molar-refractivity contribution in [2.24, 2.45) is 0 Å². The van der Waals surface area contributed by atoms with Gasteiger partial charge in [-0.1, -0.05) is 18.2 Å². The minimum Gasteiger partial charge on any atom is -0.497 e. The van der Waals surface area contributed by atoms with Crippen molar-refractivity contribution in [3.63, 3.8) is 0 Å². The van der Waals surface area contributed by atoms with E-state index in [2.05, 4.69) is 17.3 Å². The first-order valence-electron chi connectivity index (χ1n) is 8.17. The van der Waals surface area contributed by atoms with E-state index in [0.29, 0.717) is 6.54 Å². The van der Waals surface area contributed by atoms with E-state index in [4.69, 9.17) is 4.74 Å². The summed E-state index contributed by atoms with van der Waals surface area (Å²) in [6.07, 6.45) is 2.77. The van der Waals surface area contributed by atoms with Crippen LogP contribution in [0.25, 0.3) is 10.9 Å². The molecule has 0 spiro atoms. The second-order valence-corrected chi connectivity index (χ2v) is 5.74. The minimum absolute atomic E-state index is 0.0230. The van der Waals surface area contributed by atoms with Crippen LogP contribution in [-0.4, -0.2) is 24.1 Å². The Morgan fingerprint density at radius 2 is 2.00 bits per heavy atom. The normalized spacial score (nSPS) is 10.2. The summed E-state index contributed by atoms with van der Waals surface area (Å²) in [4.78, 5) is 11.1. The number of amides is 1. The number of nitrogens with zero attached hydrogens (tertiary/aromatic N) is 1. The number of hydrogen-bond donors (Lipinski definition) is 1. The SMILES string of the molecule is COc1ccc2c(c1)c(CCNC(C)=O)cn2C#Cc1ccccc1. The Morgan fingerprint density at radius 1 is 1.20 bits per heavy atom. The molecule has 4 nitrogen and oxygen atoms in total. The first-order chi connectivity index (χ1) is 12.2. The van der Waals surface area contributed by atoms with Gasteiger partial charge < -0.3 is 10.1 Å². The fraction of sp³-hybridized carbons (Fsp3) is 0.190. The predicted octanol–water partition coefficient (Wildman–Crippen LogP) is 3.19. The van der Waals surface area contributed by atoms with Crippen LogP contribution in [0.5, 0.6) is 5.75 Å². The summed E-state index contributed by atoms with van der Waals surface area (Å²) in [6.45, 7) is 2.12. The van der Waals surface area contributed by atoms with E-state index in [9.17, 15) is 4.79 Å². The van der Waals surface area contributed by atoms with Crippen molar-refractivity contribution in [2.75, 3.05) is 13.7 Å². The molecular formula is C21H20N2O2. The number of aromatic nitrogens is 1. The Kier molecular flexibility index (Phi) is 5.06. The lowest BCUT2D eigenvalue weighted by atomic mass is 10.1. The molecular weight excluding hydrogens is 312 g/mol. The van der Waals surface area contributed by atoms with E-state index < -0.39 is 0 Å². The third kappa shape index (κ3) is 4.02. The van der Waals surface area contributed by atoms with Gasteiger partial charge in [-0.25, -0.2) is 0 Å². The highest BCUT2D eigenvalue weighted by atomic mass is 16.5. The van der Waals surface area contributed by atoms with E-state index in [0.717, 1.165) is 34.2 Å². The van der Waals surface area contributed by atoms with E-state index in [-0.39, 0.29) is 5.91 Å². The summed E-state index contributed by atoms with van der Waals surface area (Å²) in [6, 6.07) is 19.0. The molecule has 0 aliphatic rings. The second-order valence-electron chi connectivity index (χ2n) is 5.74. The molecule has 1 N–H and O–H groups in total. The largest absolute Gasteiger partial charge is 0.497 e. The highest BCUT2D eigenvalue weighted by Gasteiger charge is 2.09. The summed E-state index contributed by atoms with van der Waals surface area (Å²) in [5.41, 5.74) is 3.13. The molecule has 4 heteroatoms. The van der Waals surface area contributed by atoms with Crippen LogP contribution < -0.4 is 10.1 Å². The standard InChI is InChI=1S/C21H20N2O2/c1-16(24)22-12-10-18-15-23(13-11-17-6-4-3-5-7-17)21-9-8-19(25-2)14-20(18)21/h3-9,14-15H,10,12H2,1-2H3,(H,22,24). The zero-order valence-corrected chi connectivity index (χ0v) is 14.4. The predicted molar refractivity (Wildman–Crippen MR) is 99.6 cm³/mol. The lowest BCUT2D eigenvalue weighted by molar-refractivity contribution is -0.118. The van der Waals surface area contributed by atoms with Gasteiger partial charge in [-0.2, -0.15) is 0 Å². The van der Waals surface area contributed by atoms with Crippen molar-refractivity contribution in [2.45, 2.75) is 13.3 Å². The molecule has 0 radical (unpaired) electrons. The molecule has 0 fully saturated rings. The molecule has 0 aliphatic carbocycles. The Labute approximate surface area is 147 Å². The van der Waals surface area contributed by atoms with Gasteiger partial charge in [0.2, 0.25) is 5.91 Å². The molecule has 0 unspecified atom stereocenters. The highest BCUT2D eigenvalue weighted by molar-refractivity contribution is 5.86. The van der Waals surface area contributed by atoms with Gasteiger partial charge in [-0.15, -0.1) is 0 Å². The van der Waals surface area contributed by atoms with Gasteiger partial charge in [0, 0.05) is 36.7 Å². The summed E-state index contributed by atoms with van der Waals surface area (Å²) < 4.78 is 7.28. The number of rotatable bonds is 4. The lowest BCUT2D eigenvalue weighted by Gasteiger charge is -2.03. The number of carbonyl (C=O) groups excluding carboxylic acids is 1. The van der Waals surface area contributed by atoms with Gasteiger partial charge in [-0.05, 0) is 48.2 Å². The fourth-order valence-electron chi connectivity index (χ4n) is 2.72. The van der Waals surface area contributed by atoms with Crippen LogP contribution in [0.3, 0.4) is 0 Å². The molecule has 3 aromatic rings.